The first-order valence-corrected chi connectivity index (χ1v) is 7.22. The van der Waals surface area contributed by atoms with Crippen molar-refractivity contribution in [2.75, 3.05) is 24.6 Å². The van der Waals surface area contributed by atoms with E-state index in [2.05, 4.69) is 11.0 Å². The van der Waals surface area contributed by atoms with Crippen LogP contribution in [0, 0.1) is 11.3 Å². The van der Waals surface area contributed by atoms with Gasteiger partial charge in [-0.15, -0.1) is 0 Å². The molecule has 0 aliphatic carbocycles. The Morgan fingerprint density at radius 2 is 2.13 bits per heavy atom. The topological polar surface area (TPSA) is 61.2 Å². The van der Waals surface area contributed by atoms with E-state index >= 15 is 0 Å². The molecule has 15 heavy (non-hydrogen) atoms. The van der Waals surface area contributed by atoms with Crippen molar-refractivity contribution < 1.29 is 8.42 Å². The van der Waals surface area contributed by atoms with Crippen molar-refractivity contribution in [2.24, 2.45) is 0 Å². The average molecular weight is 230 g/mol. The van der Waals surface area contributed by atoms with Gasteiger partial charge in [0.25, 0.3) is 0 Å². The summed E-state index contributed by atoms with van der Waals surface area (Å²) in [5, 5.41) is 8.68. The third-order valence-corrected chi connectivity index (χ3v) is 4.62. The summed E-state index contributed by atoms with van der Waals surface area (Å²) in [5.41, 5.74) is 0. The summed E-state index contributed by atoms with van der Waals surface area (Å²) in [6, 6.07) is 2.39. The number of nitriles is 1. The molecule has 0 spiro atoms. The minimum atomic E-state index is -2.83. The Bertz CT molecular complexity index is 332. The highest BCUT2D eigenvalue weighted by molar-refractivity contribution is 7.91. The van der Waals surface area contributed by atoms with Crippen LogP contribution < -0.4 is 0 Å². The molecule has 1 aliphatic heterocycles. The van der Waals surface area contributed by atoms with Crippen LogP contribution >= 0.6 is 0 Å². The fourth-order valence-electron chi connectivity index (χ4n) is 1.96. The average Bonchev–Trinajstić information content (AvgIpc) is 2.36. The Balaban J connectivity index is 2.60. The van der Waals surface area contributed by atoms with Gasteiger partial charge in [0.15, 0.2) is 9.84 Å². The molecule has 0 bridgehead atoms. The third-order valence-electron chi connectivity index (χ3n) is 2.90. The summed E-state index contributed by atoms with van der Waals surface area (Å²) in [4.78, 5) is 2.15. The van der Waals surface area contributed by atoms with Crippen LogP contribution in [0.2, 0.25) is 0 Å². The second-order valence-electron chi connectivity index (χ2n) is 3.97. The van der Waals surface area contributed by atoms with Gasteiger partial charge in [0.05, 0.1) is 24.0 Å². The van der Waals surface area contributed by atoms with Crippen molar-refractivity contribution in [3.8, 4) is 6.07 Å². The summed E-state index contributed by atoms with van der Waals surface area (Å²) in [6.45, 7) is 3.43. The van der Waals surface area contributed by atoms with Gasteiger partial charge in [-0.3, -0.25) is 4.90 Å². The minimum absolute atomic E-state index is 0.225. The van der Waals surface area contributed by atoms with Crippen molar-refractivity contribution in [3.63, 3.8) is 0 Å². The van der Waals surface area contributed by atoms with E-state index in [1.807, 2.05) is 6.92 Å². The predicted molar refractivity (Wildman–Crippen MR) is 59.2 cm³/mol. The van der Waals surface area contributed by atoms with Gasteiger partial charge >= 0.3 is 0 Å². The van der Waals surface area contributed by atoms with Gasteiger partial charge in [-0.05, 0) is 19.4 Å². The third kappa shape index (κ3) is 3.80. The Kier molecular flexibility index (Phi) is 4.55. The molecule has 1 fully saturated rings. The van der Waals surface area contributed by atoms with Crippen molar-refractivity contribution in [1.82, 2.24) is 4.90 Å². The number of rotatable bonds is 3. The van der Waals surface area contributed by atoms with E-state index in [0.717, 1.165) is 13.0 Å². The van der Waals surface area contributed by atoms with Crippen LogP contribution in [0.5, 0.6) is 0 Å². The molecule has 86 valence electrons. The van der Waals surface area contributed by atoms with Crippen LogP contribution in [0.4, 0.5) is 0 Å². The van der Waals surface area contributed by atoms with Crippen LogP contribution in [0.25, 0.3) is 0 Å². The van der Waals surface area contributed by atoms with Gasteiger partial charge in [-0.25, -0.2) is 8.42 Å². The van der Waals surface area contributed by atoms with Crippen LogP contribution in [0.1, 0.15) is 26.2 Å². The maximum Gasteiger partial charge on any atom is 0.151 e. The maximum absolute atomic E-state index is 11.4. The molecule has 0 amide bonds. The molecule has 0 radical (unpaired) electrons. The van der Waals surface area contributed by atoms with Gasteiger partial charge in [0.2, 0.25) is 0 Å². The van der Waals surface area contributed by atoms with Crippen molar-refractivity contribution in [1.29, 1.82) is 5.26 Å². The SMILES string of the molecule is CCC(CC#N)N1CCCS(=O)(=O)CC1. The largest absolute Gasteiger partial charge is 0.298 e. The van der Waals surface area contributed by atoms with E-state index in [1.165, 1.54) is 0 Å². The van der Waals surface area contributed by atoms with Crippen LogP contribution in [-0.2, 0) is 9.84 Å². The van der Waals surface area contributed by atoms with Gasteiger partial charge in [-0.1, -0.05) is 6.92 Å². The molecular formula is C10H18N2O2S. The Morgan fingerprint density at radius 3 is 2.73 bits per heavy atom. The Morgan fingerprint density at radius 1 is 1.40 bits per heavy atom. The lowest BCUT2D eigenvalue weighted by Gasteiger charge is -2.27. The van der Waals surface area contributed by atoms with Crippen LogP contribution in [0.15, 0.2) is 0 Å². The molecule has 5 heteroatoms. The fourth-order valence-corrected chi connectivity index (χ4v) is 3.25. The van der Waals surface area contributed by atoms with E-state index in [4.69, 9.17) is 5.26 Å². The van der Waals surface area contributed by atoms with Crippen molar-refractivity contribution in [3.05, 3.63) is 0 Å². The van der Waals surface area contributed by atoms with Crippen LogP contribution in [0.3, 0.4) is 0 Å². The van der Waals surface area contributed by atoms with Gasteiger partial charge < -0.3 is 0 Å². The summed E-state index contributed by atoms with van der Waals surface area (Å²) in [5.74, 6) is 0.543. The standard InChI is InChI=1S/C10H18N2O2S/c1-2-10(4-5-11)12-6-3-8-15(13,14)9-7-12/h10H,2-4,6-9H2,1H3. The highest BCUT2D eigenvalue weighted by Crippen LogP contribution is 2.13. The lowest BCUT2D eigenvalue weighted by atomic mass is 10.1. The Hall–Kier alpha value is -0.600. The van der Waals surface area contributed by atoms with Gasteiger partial charge in [0, 0.05) is 12.6 Å². The number of nitrogens with zero attached hydrogens (tertiary/aromatic N) is 2. The van der Waals surface area contributed by atoms with E-state index in [9.17, 15) is 8.42 Å². The molecule has 0 aromatic heterocycles. The molecule has 1 heterocycles. The van der Waals surface area contributed by atoms with E-state index < -0.39 is 9.84 Å². The molecule has 0 aromatic carbocycles. The second kappa shape index (κ2) is 5.47. The molecule has 0 aromatic rings. The molecule has 4 nitrogen and oxygen atoms in total. The first-order valence-electron chi connectivity index (χ1n) is 5.40. The van der Waals surface area contributed by atoms with Crippen molar-refractivity contribution in [2.45, 2.75) is 32.2 Å². The van der Waals surface area contributed by atoms with E-state index in [1.54, 1.807) is 0 Å². The molecule has 0 saturated carbocycles. The lowest BCUT2D eigenvalue weighted by molar-refractivity contribution is 0.208. The molecule has 1 atom stereocenters. The monoisotopic (exact) mass is 230 g/mol. The molecular weight excluding hydrogens is 212 g/mol. The van der Waals surface area contributed by atoms with E-state index in [0.29, 0.717) is 25.1 Å². The highest BCUT2D eigenvalue weighted by Gasteiger charge is 2.23. The smallest absolute Gasteiger partial charge is 0.151 e. The molecule has 1 unspecified atom stereocenters. The molecule has 1 aliphatic rings. The van der Waals surface area contributed by atoms with Crippen LogP contribution in [-0.4, -0.2) is 44.0 Å². The summed E-state index contributed by atoms with van der Waals surface area (Å²) in [7, 11) is -2.83. The quantitative estimate of drug-likeness (QED) is 0.719. The number of hydrogen-bond donors (Lipinski definition) is 0. The zero-order chi connectivity index (χ0) is 11.3. The minimum Gasteiger partial charge on any atom is -0.298 e. The molecule has 1 rings (SSSR count). The Labute approximate surface area is 91.8 Å². The predicted octanol–water partition coefficient (Wildman–Crippen LogP) is 0.799. The van der Waals surface area contributed by atoms with Gasteiger partial charge in [0.1, 0.15) is 0 Å². The second-order valence-corrected chi connectivity index (χ2v) is 6.27. The maximum atomic E-state index is 11.4. The van der Waals surface area contributed by atoms with Crippen molar-refractivity contribution >= 4 is 9.84 Å². The number of sulfone groups is 1. The lowest BCUT2D eigenvalue weighted by Crippen LogP contribution is -2.36. The number of hydrogen-bond acceptors (Lipinski definition) is 4. The first kappa shape index (κ1) is 12.5. The summed E-state index contributed by atoms with van der Waals surface area (Å²) >= 11 is 0. The molecule has 0 N–H and O–H groups in total. The highest BCUT2D eigenvalue weighted by atomic mass is 32.2. The zero-order valence-electron chi connectivity index (χ0n) is 9.15. The summed E-state index contributed by atoms with van der Waals surface area (Å²) < 4.78 is 22.8. The fraction of sp³-hybridized carbons (Fsp3) is 0.900. The molecule has 1 saturated heterocycles. The first-order chi connectivity index (χ1) is 7.09. The zero-order valence-corrected chi connectivity index (χ0v) is 9.96. The normalized spacial score (nSPS) is 24.0. The van der Waals surface area contributed by atoms with Gasteiger partial charge in [-0.2, -0.15) is 5.26 Å². The van der Waals surface area contributed by atoms with E-state index in [-0.39, 0.29) is 11.8 Å². The summed E-state index contributed by atoms with van der Waals surface area (Å²) in [6.07, 6.45) is 2.11.